The molecule has 1 aromatic heterocycles. The maximum atomic E-state index is 8.83. The van der Waals surface area contributed by atoms with Crippen LogP contribution in [0.5, 0.6) is 0 Å². The summed E-state index contributed by atoms with van der Waals surface area (Å²) in [5, 5.41) is 8.83. The second-order valence-electron chi connectivity index (χ2n) is 5.66. The molecular formula is C15H20N4. The van der Waals surface area contributed by atoms with Crippen LogP contribution in [0.4, 0.5) is 5.82 Å². The van der Waals surface area contributed by atoms with Crippen LogP contribution in [-0.4, -0.2) is 41.6 Å². The number of piperidine rings is 1. The van der Waals surface area contributed by atoms with Crippen LogP contribution in [-0.2, 0) is 0 Å². The Hall–Kier alpha value is -1.60. The largest absolute Gasteiger partial charge is 0.351 e. The molecule has 2 aliphatic heterocycles. The lowest BCUT2D eigenvalue weighted by atomic mass is 9.97. The third kappa shape index (κ3) is 2.43. The van der Waals surface area contributed by atoms with Crippen molar-refractivity contribution in [2.75, 3.05) is 24.5 Å². The second-order valence-corrected chi connectivity index (χ2v) is 5.66. The average molecular weight is 256 g/mol. The van der Waals surface area contributed by atoms with Gasteiger partial charge >= 0.3 is 0 Å². The molecule has 2 atom stereocenters. The van der Waals surface area contributed by atoms with Crippen molar-refractivity contribution in [3.8, 4) is 6.07 Å². The Morgan fingerprint density at radius 2 is 2.21 bits per heavy atom. The summed E-state index contributed by atoms with van der Waals surface area (Å²) in [5.41, 5.74) is 0.632. The summed E-state index contributed by atoms with van der Waals surface area (Å²) >= 11 is 0. The van der Waals surface area contributed by atoms with Gasteiger partial charge in [-0.2, -0.15) is 5.26 Å². The van der Waals surface area contributed by atoms with Gasteiger partial charge in [0, 0.05) is 31.4 Å². The van der Waals surface area contributed by atoms with Crippen molar-refractivity contribution in [1.29, 1.82) is 5.26 Å². The van der Waals surface area contributed by atoms with Crippen molar-refractivity contribution in [1.82, 2.24) is 9.88 Å². The van der Waals surface area contributed by atoms with Crippen LogP contribution in [0.1, 0.15) is 31.7 Å². The highest BCUT2D eigenvalue weighted by atomic mass is 15.3. The molecule has 100 valence electrons. The Morgan fingerprint density at radius 1 is 1.32 bits per heavy atom. The Kier molecular flexibility index (Phi) is 3.39. The number of nitriles is 1. The topological polar surface area (TPSA) is 43.2 Å². The maximum Gasteiger partial charge on any atom is 0.128 e. The van der Waals surface area contributed by atoms with Gasteiger partial charge < -0.3 is 4.90 Å². The number of nitrogens with zero attached hydrogens (tertiary/aromatic N) is 4. The number of rotatable bonds is 1. The lowest BCUT2D eigenvalue weighted by Gasteiger charge is -2.48. The van der Waals surface area contributed by atoms with Gasteiger partial charge in [0.25, 0.3) is 0 Å². The van der Waals surface area contributed by atoms with Crippen molar-refractivity contribution in [2.45, 2.75) is 38.3 Å². The van der Waals surface area contributed by atoms with Crippen molar-refractivity contribution in [2.24, 2.45) is 0 Å². The molecular weight excluding hydrogens is 236 g/mol. The van der Waals surface area contributed by atoms with E-state index in [1.165, 1.54) is 25.8 Å². The predicted molar refractivity (Wildman–Crippen MR) is 75.0 cm³/mol. The van der Waals surface area contributed by atoms with Crippen LogP contribution in [0.15, 0.2) is 18.3 Å². The Morgan fingerprint density at radius 3 is 2.95 bits per heavy atom. The molecule has 4 heteroatoms. The van der Waals surface area contributed by atoms with Gasteiger partial charge in [0.05, 0.1) is 5.56 Å². The van der Waals surface area contributed by atoms with Crippen LogP contribution in [0, 0.1) is 11.3 Å². The van der Waals surface area contributed by atoms with Gasteiger partial charge in [0.2, 0.25) is 0 Å². The standard InChI is InChI=1S/C15H20N4/c1-12-10-18-7-3-2-4-14(18)11-19(12)15-6-5-13(8-16)9-17-15/h5-6,9,12,14H,2-4,7,10-11H2,1H3. The number of piperazine rings is 1. The molecule has 0 aliphatic carbocycles. The third-order valence-corrected chi connectivity index (χ3v) is 4.36. The summed E-state index contributed by atoms with van der Waals surface area (Å²) in [6.07, 6.45) is 5.68. The highest BCUT2D eigenvalue weighted by Gasteiger charge is 2.33. The summed E-state index contributed by atoms with van der Waals surface area (Å²) in [7, 11) is 0. The normalized spacial score (nSPS) is 27.7. The molecule has 2 aliphatic rings. The smallest absolute Gasteiger partial charge is 0.128 e. The molecule has 2 unspecified atom stereocenters. The summed E-state index contributed by atoms with van der Waals surface area (Å²) in [5.74, 6) is 1.01. The number of pyridine rings is 1. The van der Waals surface area contributed by atoms with Gasteiger partial charge in [-0.3, -0.25) is 4.90 Å². The van der Waals surface area contributed by atoms with E-state index in [1.807, 2.05) is 12.1 Å². The van der Waals surface area contributed by atoms with Crippen molar-refractivity contribution < 1.29 is 0 Å². The number of fused-ring (bicyclic) bond motifs is 1. The number of hydrogen-bond donors (Lipinski definition) is 0. The minimum absolute atomic E-state index is 0.495. The lowest BCUT2D eigenvalue weighted by molar-refractivity contribution is 0.115. The summed E-state index contributed by atoms with van der Waals surface area (Å²) in [6.45, 7) is 5.72. The average Bonchev–Trinajstić information content (AvgIpc) is 2.47. The second kappa shape index (κ2) is 5.18. The van der Waals surface area contributed by atoms with Crippen LogP contribution in [0.3, 0.4) is 0 Å². The number of aromatic nitrogens is 1. The minimum Gasteiger partial charge on any atom is -0.351 e. The Labute approximate surface area is 114 Å². The van der Waals surface area contributed by atoms with Crippen LogP contribution in [0.25, 0.3) is 0 Å². The van der Waals surface area contributed by atoms with Crippen LogP contribution < -0.4 is 4.90 Å². The number of anilines is 1. The summed E-state index contributed by atoms with van der Waals surface area (Å²) in [4.78, 5) is 9.48. The Balaban J connectivity index is 1.78. The first-order valence-electron chi connectivity index (χ1n) is 7.15. The van der Waals surface area contributed by atoms with E-state index < -0.39 is 0 Å². The first kappa shape index (κ1) is 12.4. The molecule has 3 heterocycles. The first-order chi connectivity index (χ1) is 9.28. The highest BCUT2D eigenvalue weighted by Crippen LogP contribution is 2.26. The molecule has 0 N–H and O–H groups in total. The van der Waals surface area contributed by atoms with E-state index in [2.05, 4.69) is 27.8 Å². The van der Waals surface area contributed by atoms with Crippen molar-refractivity contribution in [3.05, 3.63) is 23.9 Å². The zero-order valence-corrected chi connectivity index (χ0v) is 11.4. The highest BCUT2D eigenvalue weighted by molar-refractivity contribution is 5.43. The fraction of sp³-hybridized carbons (Fsp3) is 0.600. The minimum atomic E-state index is 0.495. The van der Waals surface area contributed by atoms with Gasteiger partial charge in [0.15, 0.2) is 0 Å². The molecule has 19 heavy (non-hydrogen) atoms. The van der Waals surface area contributed by atoms with Gasteiger partial charge in [-0.25, -0.2) is 4.98 Å². The molecule has 3 rings (SSSR count). The first-order valence-corrected chi connectivity index (χ1v) is 7.15. The lowest BCUT2D eigenvalue weighted by Crippen LogP contribution is -2.59. The molecule has 0 bridgehead atoms. The van der Waals surface area contributed by atoms with E-state index in [4.69, 9.17) is 5.26 Å². The van der Waals surface area contributed by atoms with Gasteiger partial charge in [-0.15, -0.1) is 0 Å². The molecule has 0 amide bonds. The van der Waals surface area contributed by atoms with Crippen LogP contribution >= 0.6 is 0 Å². The maximum absolute atomic E-state index is 8.83. The molecule has 1 aromatic rings. The SMILES string of the molecule is CC1CN2CCCCC2CN1c1ccc(C#N)cn1. The monoisotopic (exact) mass is 256 g/mol. The fourth-order valence-electron chi connectivity index (χ4n) is 3.29. The van der Waals surface area contributed by atoms with Crippen LogP contribution in [0.2, 0.25) is 0 Å². The van der Waals surface area contributed by atoms with E-state index in [1.54, 1.807) is 6.20 Å². The predicted octanol–water partition coefficient (Wildman–Crippen LogP) is 2.02. The molecule has 0 spiro atoms. The zero-order chi connectivity index (χ0) is 13.2. The molecule has 0 aromatic carbocycles. The molecule has 0 radical (unpaired) electrons. The van der Waals surface area contributed by atoms with Gasteiger partial charge in [0.1, 0.15) is 11.9 Å². The van der Waals surface area contributed by atoms with Gasteiger partial charge in [-0.05, 0) is 38.4 Å². The molecule has 4 nitrogen and oxygen atoms in total. The van der Waals surface area contributed by atoms with E-state index in [9.17, 15) is 0 Å². The van der Waals surface area contributed by atoms with Crippen molar-refractivity contribution >= 4 is 5.82 Å². The number of hydrogen-bond acceptors (Lipinski definition) is 4. The van der Waals surface area contributed by atoms with E-state index in [0.29, 0.717) is 17.6 Å². The van der Waals surface area contributed by atoms with Crippen molar-refractivity contribution in [3.63, 3.8) is 0 Å². The van der Waals surface area contributed by atoms with E-state index in [-0.39, 0.29) is 0 Å². The van der Waals surface area contributed by atoms with Gasteiger partial charge in [-0.1, -0.05) is 6.42 Å². The molecule has 2 saturated heterocycles. The van der Waals surface area contributed by atoms with E-state index >= 15 is 0 Å². The van der Waals surface area contributed by atoms with E-state index in [0.717, 1.165) is 18.9 Å². The quantitative estimate of drug-likeness (QED) is 0.771. The fourth-order valence-corrected chi connectivity index (χ4v) is 3.29. The zero-order valence-electron chi connectivity index (χ0n) is 11.4. The third-order valence-electron chi connectivity index (χ3n) is 4.36. The summed E-state index contributed by atoms with van der Waals surface area (Å²) < 4.78 is 0. The summed E-state index contributed by atoms with van der Waals surface area (Å²) in [6, 6.07) is 7.15. The Bertz CT molecular complexity index is 476. The molecule has 0 saturated carbocycles. The molecule has 2 fully saturated rings.